The molecule has 4 fully saturated rings. The highest BCUT2D eigenvalue weighted by Crippen LogP contribution is 2.62. The summed E-state index contributed by atoms with van der Waals surface area (Å²) in [6, 6.07) is 10.1. The molecule has 1 aliphatic heterocycles. The van der Waals surface area contributed by atoms with Gasteiger partial charge in [-0.25, -0.2) is 0 Å². The van der Waals surface area contributed by atoms with Crippen molar-refractivity contribution >= 4 is 14.3 Å². The lowest BCUT2D eigenvalue weighted by Crippen LogP contribution is -2.73. The number of fused-ring (bicyclic) bond motifs is 1. The first kappa shape index (κ1) is 21.0. The first-order chi connectivity index (χ1) is 13.7. The fraction of sp³-hybridized carbons (Fsp3) is 0.696. The Morgan fingerprint density at radius 2 is 1.93 bits per heavy atom. The first-order valence-electron chi connectivity index (χ1n) is 10.9. The monoisotopic (exact) mass is 418 g/mol. The van der Waals surface area contributed by atoms with Gasteiger partial charge in [0.2, 0.25) is 0 Å². The predicted molar refractivity (Wildman–Crippen MR) is 113 cm³/mol. The fourth-order valence-electron chi connectivity index (χ4n) is 6.36. The van der Waals surface area contributed by atoms with E-state index >= 15 is 0 Å². The van der Waals surface area contributed by atoms with Crippen LogP contribution in [0, 0.1) is 29.6 Å². The largest absolute Gasteiger partial charge is 0.462 e. The molecule has 5 rings (SSSR count). The third-order valence-corrected chi connectivity index (χ3v) is 8.27. The minimum Gasteiger partial charge on any atom is -0.462 e. The smallest absolute Gasteiger partial charge is 0.308 e. The summed E-state index contributed by atoms with van der Waals surface area (Å²) in [4.78, 5) is 12.5. The molecule has 160 valence electrons. The van der Waals surface area contributed by atoms with Crippen LogP contribution in [-0.2, 0) is 25.3 Å². The van der Waals surface area contributed by atoms with Crippen molar-refractivity contribution < 1.29 is 23.8 Å². The van der Waals surface area contributed by atoms with E-state index < -0.39 is 13.9 Å². The average molecular weight is 419 g/mol. The van der Waals surface area contributed by atoms with Crippen molar-refractivity contribution in [2.24, 2.45) is 29.6 Å². The van der Waals surface area contributed by atoms with Gasteiger partial charge in [0.25, 0.3) is 0 Å². The molecule has 3 aliphatic carbocycles. The van der Waals surface area contributed by atoms with Crippen molar-refractivity contribution in [3.63, 3.8) is 0 Å². The number of rotatable bonds is 7. The van der Waals surface area contributed by atoms with Crippen LogP contribution < -0.4 is 0 Å². The first-order valence-corrected chi connectivity index (χ1v) is 14.3. The molecule has 0 unspecified atom stereocenters. The second-order valence-electron chi connectivity index (χ2n) is 10.1. The maximum absolute atomic E-state index is 12.5. The molecule has 4 bridgehead atoms. The molecule has 5 nitrogen and oxygen atoms in total. The lowest BCUT2D eigenvalue weighted by molar-refractivity contribution is -0.269. The Labute approximate surface area is 174 Å². The van der Waals surface area contributed by atoms with Gasteiger partial charge in [0.15, 0.2) is 8.32 Å². The highest BCUT2D eigenvalue weighted by atomic mass is 28.4. The van der Waals surface area contributed by atoms with Gasteiger partial charge in [0.05, 0.1) is 25.2 Å². The van der Waals surface area contributed by atoms with Gasteiger partial charge in [-0.1, -0.05) is 37.3 Å². The Morgan fingerprint density at radius 1 is 1.21 bits per heavy atom. The number of aliphatic hydroxyl groups excluding tert-OH is 1. The van der Waals surface area contributed by atoms with Crippen LogP contribution in [-0.4, -0.2) is 44.3 Å². The summed E-state index contributed by atoms with van der Waals surface area (Å²) >= 11 is 0. The maximum Gasteiger partial charge on any atom is 0.308 e. The van der Waals surface area contributed by atoms with Crippen molar-refractivity contribution in [2.75, 3.05) is 13.2 Å². The van der Waals surface area contributed by atoms with Crippen LogP contribution >= 0.6 is 0 Å². The number of hydrogen-bond acceptors (Lipinski definition) is 5. The van der Waals surface area contributed by atoms with Crippen molar-refractivity contribution in [3.8, 4) is 0 Å². The van der Waals surface area contributed by atoms with E-state index in [4.69, 9.17) is 13.9 Å². The third-order valence-electron chi connectivity index (χ3n) is 7.28. The molecule has 1 aromatic carbocycles. The molecule has 1 N–H and O–H groups in total. The molecule has 29 heavy (non-hydrogen) atoms. The van der Waals surface area contributed by atoms with Gasteiger partial charge >= 0.3 is 5.97 Å². The van der Waals surface area contributed by atoms with Gasteiger partial charge < -0.3 is 19.0 Å². The lowest BCUT2D eigenvalue weighted by Gasteiger charge is -2.66. The minimum absolute atomic E-state index is 0.0832. The summed E-state index contributed by atoms with van der Waals surface area (Å²) in [6.07, 6.45) is 1.03. The molecule has 6 heteroatoms. The normalized spacial score (nSPS) is 38.7. The van der Waals surface area contributed by atoms with Crippen LogP contribution in [0.25, 0.3) is 0 Å². The molecule has 7 atom stereocenters. The third kappa shape index (κ3) is 3.80. The zero-order valence-corrected chi connectivity index (χ0v) is 19.0. The van der Waals surface area contributed by atoms with Gasteiger partial charge in [-0.2, -0.15) is 0 Å². The summed E-state index contributed by atoms with van der Waals surface area (Å²) in [5.41, 5.74) is 0.655. The molecule has 0 radical (unpaired) electrons. The molecular formula is C23H34O5Si. The quantitative estimate of drug-likeness (QED) is 0.541. The summed E-state index contributed by atoms with van der Waals surface area (Å²) < 4.78 is 18.8. The van der Waals surface area contributed by atoms with Crippen molar-refractivity contribution in [3.05, 3.63) is 35.9 Å². The van der Waals surface area contributed by atoms with Gasteiger partial charge in [0, 0.05) is 12.5 Å². The van der Waals surface area contributed by atoms with E-state index in [1.165, 1.54) is 0 Å². The number of carbonyl (C=O) groups is 1. The lowest BCUT2D eigenvalue weighted by atomic mass is 9.46. The summed E-state index contributed by atoms with van der Waals surface area (Å²) in [5, 5.41) is 10.3. The van der Waals surface area contributed by atoms with Crippen molar-refractivity contribution in [1.82, 2.24) is 0 Å². The molecule has 4 aliphatic rings. The van der Waals surface area contributed by atoms with E-state index in [1.807, 2.05) is 18.2 Å². The Bertz CT molecular complexity index is 733. The van der Waals surface area contributed by atoms with Crippen LogP contribution in [0.3, 0.4) is 0 Å². The van der Waals surface area contributed by atoms with Gasteiger partial charge in [-0.05, 0) is 55.3 Å². The maximum atomic E-state index is 12.5. The standard InChI is InChI=1S/C23H34O5Si/c1-15-17-10-20-22(23(15,11-21(25)27-20)28-29(2,3)4)19(18(17)12-24)14-26-13-16-8-6-5-7-9-16/h5-9,15,17-20,22,24H,10-14H2,1-4H3/t15-,17+,18-,19+,20+,22-,23+/m0/s1. The molecule has 3 saturated carbocycles. The number of benzene rings is 1. The Hall–Kier alpha value is -1.21. The number of esters is 1. The average Bonchev–Trinajstić information content (AvgIpc) is 2.64. The van der Waals surface area contributed by atoms with E-state index in [-0.39, 0.29) is 48.3 Å². The van der Waals surface area contributed by atoms with E-state index in [0.717, 1.165) is 12.0 Å². The second kappa shape index (κ2) is 7.80. The molecular weight excluding hydrogens is 384 g/mol. The molecule has 0 aromatic heterocycles. The fourth-order valence-corrected chi connectivity index (χ4v) is 7.89. The van der Waals surface area contributed by atoms with Crippen molar-refractivity contribution in [1.29, 1.82) is 0 Å². The number of aliphatic hydroxyl groups is 1. The van der Waals surface area contributed by atoms with Crippen LogP contribution in [0.15, 0.2) is 30.3 Å². The zero-order valence-electron chi connectivity index (χ0n) is 18.0. The number of carbonyl (C=O) groups excluding carboxylic acids is 1. The van der Waals surface area contributed by atoms with E-state index in [9.17, 15) is 9.90 Å². The Kier molecular flexibility index (Phi) is 5.66. The van der Waals surface area contributed by atoms with Gasteiger partial charge in [-0.15, -0.1) is 0 Å². The molecule has 1 saturated heterocycles. The second-order valence-corrected chi connectivity index (χ2v) is 14.5. The SMILES string of the molecule is C[C@H]1[C@H]2C[C@H]3OC(=O)C[C@]1(O[Si](C)(C)C)[C@H]3[C@H](COCc1ccccc1)[C@H]2CO. The molecule has 1 heterocycles. The summed E-state index contributed by atoms with van der Waals surface area (Å²) in [5.74, 6) is 0.752. The van der Waals surface area contributed by atoms with E-state index in [0.29, 0.717) is 19.6 Å². The van der Waals surface area contributed by atoms with Crippen LogP contribution in [0.5, 0.6) is 0 Å². The summed E-state index contributed by atoms with van der Waals surface area (Å²) in [6.45, 7) is 10.0. The van der Waals surface area contributed by atoms with Crippen molar-refractivity contribution in [2.45, 2.75) is 57.7 Å². The zero-order chi connectivity index (χ0) is 20.8. The highest BCUT2D eigenvalue weighted by Gasteiger charge is 2.68. The molecule has 0 spiro atoms. The van der Waals surface area contributed by atoms with Crippen LogP contribution in [0.2, 0.25) is 19.6 Å². The minimum atomic E-state index is -1.90. The topological polar surface area (TPSA) is 65.0 Å². The van der Waals surface area contributed by atoms with Gasteiger partial charge in [0.1, 0.15) is 6.10 Å². The predicted octanol–water partition coefficient (Wildman–Crippen LogP) is 3.62. The van der Waals surface area contributed by atoms with E-state index in [1.54, 1.807) is 0 Å². The van der Waals surface area contributed by atoms with E-state index in [2.05, 4.69) is 38.7 Å². The Morgan fingerprint density at radius 3 is 2.59 bits per heavy atom. The number of hydrogen-bond donors (Lipinski definition) is 1. The number of ether oxygens (including phenoxy) is 2. The molecule has 1 aromatic rings. The molecule has 0 amide bonds. The van der Waals surface area contributed by atoms with Crippen LogP contribution in [0.4, 0.5) is 0 Å². The highest BCUT2D eigenvalue weighted by molar-refractivity contribution is 6.69. The van der Waals surface area contributed by atoms with Crippen LogP contribution in [0.1, 0.15) is 25.3 Å². The van der Waals surface area contributed by atoms with Gasteiger partial charge in [-0.3, -0.25) is 4.79 Å². The summed E-state index contributed by atoms with van der Waals surface area (Å²) in [7, 11) is -1.90. The Balaban J connectivity index is 1.61.